The highest BCUT2D eigenvalue weighted by atomic mass is 32.2. The van der Waals surface area contributed by atoms with E-state index in [4.69, 9.17) is 14.2 Å². The van der Waals surface area contributed by atoms with Crippen molar-refractivity contribution in [2.45, 2.75) is 43.7 Å². The van der Waals surface area contributed by atoms with E-state index in [1.807, 2.05) is 32.9 Å². The summed E-state index contributed by atoms with van der Waals surface area (Å²) in [5, 5.41) is 3.03. The van der Waals surface area contributed by atoms with Crippen molar-refractivity contribution in [3.8, 4) is 17.2 Å². The van der Waals surface area contributed by atoms with Crippen LogP contribution in [0.4, 0.5) is 5.69 Å². The van der Waals surface area contributed by atoms with Gasteiger partial charge in [0.15, 0.2) is 0 Å². The number of rotatable bonds is 8. The summed E-state index contributed by atoms with van der Waals surface area (Å²) < 4.78 is 45.2. The molecule has 196 valence electrons. The molecule has 1 heterocycles. The van der Waals surface area contributed by atoms with Gasteiger partial charge in [-0.2, -0.15) is 0 Å². The van der Waals surface area contributed by atoms with Gasteiger partial charge in [-0.25, -0.2) is 8.42 Å². The van der Waals surface area contributed by atoms with Crippen molar-refractivity contribution in [1.82, 2.24) is 5.32 Å². The minimum atomic E-state index is -4.03. The molecule has 3 aromatic carbocycles. The fourth-order valence-corrected chi connectivity index (χ4v) is 5.78. The standard InChI is InChI=1S/C28H32N2O6S/c1-19-6-13-23(14-7-19)37(32,33)30(20-8-10-21(34-4)11-9-20)18-27(31)29-25-17-28(2,3)36-26-15-12-22(35-5)16-24(25)26/h6-16,25H,17-18H2,1-5H3,(H,29,31). The summed E-state index contributed by atoms with van der Waals surface area (Å²) in [4.78, 5) is 13.5. The predicted molar refractivity (Wildman–Crippen MR) is 142 cm³/mol. The Labute approximate surface area is 218 Å². The smallest absolute Gasteiger partial charge is 0.264 e. The molecule has 4 rings (SSSR count). The van der Waals surface area contributed by atoms with E-state index in [1.165, 1.54) is 7.11 Å². The SMILES string of the molecule is COc1ccc(N(CC(=O)NC2CC(C)(C)Oc3ccc(OC)cc32)S(=O)(=O)c2ccc(C)cc2)cc1. The number of anilines is 1. The molecule has 1 atom stereocenters. The van der Waals surface area contributed by atoms with Gasteiger partial charge >= 0.3 is 0 Å². The molecule has 0 saturated heterocycles. The fourth-order valence-electron chi connectivity index (χ4n) is 4.36. The summed E-state index contributed by atoms with van der Waals surface area (Å²) in [7, 11) is -0.925. The first kappa shape index (κ1) is 26.3. The molecule has 1 unspecified atom stereocenters. The molecule has 37 heavy (non-hydrogen) atoms. The van der Waals surface area contributed by atoms with E-state index in [1.54, 1.807) is 61.7 Å². The molecule has 8 nitrogen and oxygen atoms in total. The fraction of sp³-hybridized carbons (Fsp3) is 0.321. The van der Waals surface area contributed by atoms with Crippen LogP contribution in [-0.2, 0) is 14.8 Å². The molecule has 3 aromatic rings. The lowest BCUT2D eigenvalue weighted by atomic mass is 9.89. The quantitative estimate of drug-likeness (QED) is 0.462. The summed E-state index contributed by atoms with van der Waals surface area (Å²) in [5.74, 6) is 1.43. The van der Waals surface area contributed by atoms with Crippen molar-refractivity contribution in [3.63, 3.8) is 0 Å². The van der Waals surface area contributed by atoms with Gasteiger partial charge in [-0.1, -0.05) is 17.7 Å². The van der Waals surface area contributed by atoms with E-state index in [0.29, 0.717) is 29.4 Å². The number of sulfonamides is 1. The van der Waals surface area contributed by atoms with Gasteiger partial charge in [0.05, 0.1) is 30.8 Å². The lowest BCUT2D eigenvalue weighted by molar-refractivity contribution is -0.120. The average Bonchev–Trinajstić information content (AvgIpc) is 2.87. The molecule has 1 aliphatic rings. The highest BCUT2D eigenvalue weighted by molar-refractivity contribution is 7.92. The number of carbonyl (C=O) groups is 1. The van der Waals surface area contributed by atoms with Crippen molar-refractivity contribution >= 4 is 21.6 Å². The first-order valence-corrected chi connectivity index (χ1v) is 13.4. The molecule has 0 aromatic heterocycles. The van der Waals surface area contributed by atoms with Crippen LogP contribution in [0.2, 0.25) is 0 Å². The van der Waals surface area contributed by atoms with Crippen LogP contribution in [0.15, 0.2) is 71.6 Å². The molecule has 0 bridgehead atoms. The summed E-state index contributed by atoms with van der Waals surface area (Å²) >= 11 is 0. The number of amides is 1. The van der Waals surface area contributed by atoms with Crippen LogP contribution in [0, 0.1) is 6.92 Å². The topological polar surface area (TPSA) is 94.2 Å². The summed E-state index contributed by atoms with van der Waals surface area (Å²) in [6.45, 7) is 5.38. The van der Waals surface area contributed by atoms with Crippen LogP contribution < -0.4 is 23.8 Å². The molecular weight excluding hydrogens is 492 g/mol. The van der Waals surface area contributed by atoms with Crippen molar-refractivity contribution < 1.29 is 27.4 Å². The molecule has 1 amide bonds. The zero-order valence-corrected chi connectivity index (χ0v) is 22.5. The Morgan fingerprint density at radius 2 is 1.62 bits per heavy atom. The van der Waals surface area contributed by atoms with Crippen LogP contribution in [-0.4, -0.2) is 40.7 Å². The van der Waals surface area contributed by atoms with Crippen LogP contribution >= 0.6 is 0 Å². The van der Waals surface area contributed by atoms with E-state index < -0.39 is 28.1 Å². The number of methoxy groups -OCH3 is 2. The maximum atomic E-state index is 13.7. The zero-order valence-electron chi connectivity index (χ0n) is 21.6. The van der Waals surface area contributed by atoms with Gasteiger partial charge in [-0.15, -0.1) is 0 Å². The monoisotopic (exact) mass is 524 g/mol. The average molecular weight is 525 g/mol. The van der Waals surface area contributed by atoms with Gasteiger partial charge < -0.3 is 19.5 Å². The Hall–Kier alpha value is -3.72. The van der Waals surface area contributed by atoms with Crippen LogP contribution in [0.25, 0.3) is 0 Å². The first-order valence-electron chi connectivity index (χ1n) is 11.9. The Bertz CT molecular complexity index is 1370. The highest BCUT2D eigenvalue weighted by Gasteiger charge is 2.36. The Morgan fingerprint density at radius 3 is 2.24 bits per heavy atom. The van der Waals surface area contributed by atoms with Gasteiger partial charge in [-0.05, 0) is 75.4 Å². The second-order valence-corrected chi connectivity index (χ2v) is 11.5. The van der Waals surface area contributed by atoms with E-state index in [-0.39, 0.29) is 10.9 Å². The molecular formula is C28H32N2O6S. The van der Waals surface area contributed by atoms with Crippen LogP contribution in [0.3, 0.4) is 0 Å². The van der Waals surface area contributed by atoms with Crippen molar-refractivity contribution in [2.75, 3.05) is 25.1 Å². The second-order valence-electron chi connectivity index (χ2n) is 9.61. The van der Waals surface area contributed by atoms with Gasteiger partial charge in [0.1, 0.15) is 29.4 Å². The van der Waals surface area contributed by atoms with Gasteiger partial charge in [0.2, 0.25) is 5.91 Å². The van der Waals surface area contributed by atoms with E-state index in [2.05, 4.69) is 5.32 Å². The number of nitrogens with zero attached hydrogens (tertiary/aromatic N) is 1. The van der Waals surface area contributed by atoms with E-state index in [0.717, 1.165) is 15.4 Å². The van der Waals surface area contributed by atoms with Crippen LogP contribution in [0.1, 0.15) is 37.4 Å². The largest absolute Gasteiger partial charge is 0.497 e. The lowest BCUT2D eigenvalue weighted by Crippen LogP contribution is -2.45. The third kappa shape index (κ3) is 5.83. The van der Waals surface area contributed by atoms with Crippen molar-refractivity contribution in [2.24, 2.45) is 0 Å². The molecule has 1 aliphatic heterocycles. The second kappa shape index (κ2) is 10.3. The Kier molecular flexibility index (Phi) is 7.36. The lowest BCUT2D eigenvalue weighted by Gasteiger charge is -2.38. The number of hydrogen-bond donors (Lipinski definition) is 1. The van der Waals surface area contributed by atoms with Gasteiger partial charge in [0, 0.05) is 12.0 Å². The van der Waals surface area contributed by atoms with Gasteiger partial charge in [0.25, 0.3) is 10.0 Å². The van der Waals surface area contributed by atoms with Gasteiger partial charge in [-0.3, -0.25) is 9.10 Å². The first-order chi connectivity index (χ1) is 17.5. The Balaban J connectivity index is 1.66. The number of aryl methyl sites for hydroxylation is 1. The number of carbonyl (C=O) groups excluding carboxylic acids is 1. The molecule has 0 fully saturated rings. The number of fused-ring (bicyclic) bond motifs is 1. The number of benzene rings is 3. The number of hydrogen-bond acceptors (Lipinski definition) is 6. The van der Waals surface area contributed by atoms with Crippen molar-refractivity contribution in [3.05, 3.63) is 77.9 Å². The van der Waals surface area contributed by atoms with Crippen LogP contribution in [0.5, 0.6) is 17.2 Å². The summed E-state index contributed by atoms with van der Waals surface area (Å²) in [5.41, 5.74) is 1.54. The van der Waals surface area contributed by atoms with E-state index >= 15 is 0 Å². The maximum Gasteiger partial charge on any atom is 0.264 e. The summed E-state index contributed by atoms with van der Waals surface area (Å²) in [6, 6.07) is 18.2. The molecule has 0 saturated carbocycles. The third-order valence-electron chi connectivity index (χ3n) is 6.27. The van der Waals surface area contributed by atoms with Crippen molar-refractivity contribution in [1.29, 1.82) is 0 Å². The molecule has 1 N–H and O–H groups in total. The molecule has 9 heteroatoms. The number of ether oxygens (including phenoxy) is 3. The Morgan fingerprint density at radius 1 is 1.00 bits per heavy atom. The molecule has 0 aliphatic carbocycles. The maximum absolute atomic E-state index is 13.7. The molecule has 0 radical (unpaired) electrons. The van der Waals surface area contributed by atoms with E-state index in [9.17, 15) is 13.2 Å². The molecule has 0 spiro atoms. The third-order valence-corrected chi connectivity index (χ3v) is 8.05. The number of nitrogens with one attached hydrogen (secondary N) is 1. The zero-order chi connectivity index (χ0) is 26.8. The highest BCUT2D eigenvalue weighted by Crippen LogP contribution is 2.41. The predicted octanol–water partition coefficient (Wildman–Crippen LogP) is 4.63. The normalized spacial score (nSPS) is 16.2. The minimum Gasteiger partial charge on any atom is -0.497 e. The summed E-state index contributed by atoms with van der Waals surface area (Å²) in [6.07, 6.45) is 0.506. The minimum absolute atomic E-state index is 0.101.